The average molecular weight is 278 g/mol. The minimum absolute atomic E-state index is 0.154. The molecular weight excluding hydrogens is 256 g/mol. The molecule has 0 saturated carbocycles. The Hall–Kier alpha value is -1.43. The molecule has 2 rings (SSSR count). The van der Waals surface area contributed by atoms with Gasteiger partial charge in [0.1, 0.15) is 0 Å². The minimum atomic E-state index is -0.513. The molecule has 0 aliphatic carbocycles. The predicted octanol–water partition coefficient (Wildman–Crippen LogP) is 1.54. The van der Waals surface area contributed by atoms with E-state index >= 15 is 0 Å². The first-order chi connectivity index (χ1) is 9.65. The molecule has 0 radical (unpaired) electrons. The lowest BCUT2D eigenvalue weighted by Crippen LogP contribution is -2.39. The highest BCUT2D eigenvalue weighted by molar-refractivity contribution is 5.94. The number of hydrogen-bond donors (Lipinski definition) is 2. The Kier molecular flexibility index (Phi) is 5.52. The van der Waals surface area contributed by atoms with Gasteiger partial charge < -0.3 is 20.1 Å². The zero-order valence-corrected chi connectivity index (χ0v) is 12.0. The molecule has 5 heteroatoms. The van der Waals surface area contributed by atoms with Crippen molar-refractivity contribution >= 4 is 11.6 Å². The number of ether oxygens (including phenoxy) is 2. The first-order valence-electron chi connectivity index (χ1n) is 6.97. The summed E-state index contributed by atoms with van der Waals surface area (Å²) >= 11 is 0. The van der Waals surface area contributed by atoms with Crippen molar-refractivity contribution in [3.63, 3.8) is 0 Å². The molecule has 1 fully saturated rings. The molecular formula is C15H22N2O3. The average Bonchev–Trinajstić information content (AvgIpc) is 2.46. The van der Waals surface area contributed by atoms with Gasteiger partial charge in [0.15, 0.2) is 6.10 Å². The third-order valence-electron chi connectivity index (χ3n) is 3.02. The van der Waals surface area contributed by atoms with Crippen LogP contribution in [-0.4, -0.2) is 37.9 Å². The van der Waals surface area contributed by atoms with Crippen molar-refractivity contribution in [2.24, 2.45) is 0 Å². The molecule has 1 saturated heterocycles. The molecule has 2 N–H and O–H groups in total. The van der Waals surface area contributed by atoms with Gasteiger partial charge in [0.2, 0.25) is 0 Å². The first kappa shape index (κ1) is 15.0. The van der Waals surface area contributed by atoms with Crippen LogP contribution < -0.4 is 10.6 Å². The fourth-order valence-electron chi connectivity index (χ4n) is 1.94. The van der Waals surface area contributed by atoms with E-state index in [9.17, 15) is 4.79 Å². The third kappa shape index (κ3) is 4.59. The summed E-state index contributed by atoms with van der Waals surface area (Å²) in [5, 5.41) is 6.22. The van der Waals surface area contributed by atoms with Crippen molar-refractivity contribution in [2.75, 3.05) is 25.1 Å². The van der Waals surface area contributed by atoms with Crippen LogP contribution >= 0.6 is 0 Å². The van der Waals surface area contributed by atoms with Gasteiger partial charge in [-0.05, 0) is 17.7 Å². The highest BCUT2D eigenvalue weighted by Gasteiger charge is 2.22. The fourth-order valence-corrected chi connectivity index (χ4v) is 1.94. The van der Waals surface area contributed by atoms with E-state index < -0.39 is 6.10 Å². The molecule has 1 heterocycles. The van der Waals surface area contributed by atoms with Crippen molar-refractivity contribution in [3.8, 4) is 0 Å². The second kappa shape index (κ2) is 7.38. The van der Waals surface area contributed by atoms with Crippen LogP contribution in [0.4, 0.5) is 5.69 Å². The Bertz CT molecular complexity index is 442. The van der Waals surface area contributed by atoms with Gasteiger partial charge in [-0.1, -0.05) is 26.0 Å². The molecule has 0 aromatic heterocycles. The molecule has 1 aliphatic rings. The number of amides is 1. The van der Waals surface area contributed by atoms with Crippen molar-refractivity contribution < 1.29 is 14.3 Å². The lowest BCUT2D eigenvalue weighted by Gasteiger charge is -2.22. The van der Waals surface area contributed by atoms with E-state index in [2.05, 4.69) is 24.5 Å². The summed E-state index contributed by atoms with van der Waals surface area (Å²) in [5.74, 6) is -0.154. The molecule has 5 nitrogen and oxygen atoms in total. The minimum Gasteiger partial charge on any atom is -0.376 e. The summed E-state index contributed by atoms with van der Waals surface area (Å²) in [4.78, 5) is 12.0. The van der Waals surface area contributed by atoms with Gasteiger partial charge in [-0.25, -0.2) is 0 Å². The maximum Gasteiger partial charge on any atom is 0.255 e. The van der Waals surface area contributed by atoms with E-state index in [1.807, 2.05) is 24.3 Å². The highest BCUT2D eigenvalue weighted by Crippen LogP contribution is 2.12. The number of rotatable bonds is 5. The summed E-state index contributed by atoms with van der Waals surface area (Å²) in [5.41, 5.74) is 1.92. The van der Waals surface area contributed by atoms with Crippen LogP contribution in [0.15, 0.2) is 24.3 Å². The van der Waals surface area contributed by atoms with Crippen LogP contribution in [0.5, 0.6) is 0 Å². The van der Waals surface area contributed by atoms with Crippen LogP contribution in [-0.2, 0) is 20.8 Å². The van der Waals surface area contributed by atoms with Crippen molar-refractivity contribution in [1.29, 1.82) is 0 Å². The lowest BCUT2D eigenvalue weighted by atomic mass is 10.2. The molecule has 1 aromatic carbocycles. The van der Waals surface area contributed by atoms with Gasteiger partial charge in [-0.15, -0.1) is 0 Å². The molecule has 1 aliphatic heterocycles. The summed E-state index contributed by atoms with van der Waals surface area (Å²) in [6.07, 6.45) is -0.513. The summed E-state index contributed by atoms with van der Waals surface area (Å²) in [6.45, 7) is 6.33. The second-order valence-corrected chi connectivity index (χ2v) is 5.16. The summed E-state index contributed by atoms with van der Waals surface area (Å²) < 4.78 is 10.6. The topological polar surface area (TPSA) is 59.6 Å². The summed E-state index contributed by atoms with van der Waals surface area (Å²) in [6, 6.07) is 8.24. The van der Waals surface area contributed by atoms with E-state index in [1.54, 1.807) is 0 Å². The standard InChI is InChI=1S/C15H22N2O3/c1-11(2)16-9-12-4-3-5-13(8-12)17-15(18)14-10-19-6-7-20-14/h3-5,8,11,14,16H,6-7,9-10H2,1-2H3,(H,17,18). The van der Waals surface area contributed by atoms with Crippen LogP contribution in [0, 0.1) is 0 Å². The van der Waals surface area contributed by atoms with Gasteiger partial charge in [0.25, 0.3) is 5.91 Å². The molecule has 0 bridgehead atoms. The molecule has 1 atom stereocenters. The molecule has 1 aromatic rings. The van der Waals surface area contributed by atoms with Gasteiger partial charge >= 0.3 is 0 Å². The zero-order chi connectivity index (χ0) is 14.4. The Balaban J connectivity index is 1.91. The van der Waals surface area contributed by atoms with Crippen LogP contribution in [0.25, 0.3) is 0 Å². The maximum absolute atomic E-state index is 12.0. The number of carbonyl (C=O) groups is 1. The Labute approximate surface area is 119 Å². The van der Waals surface area contributed by atoms with Gasteiger partial charge in [0, 0.05) is 18.3 Å². The normalized spacial score (nSPS) is 19.1. The molecule has 20 heavy (non-hydrogen) atoms. The van der Waals surface area contributed by atoms with Crippen molar-refractivity contribution in [3.05, 3.63) is 29.8 Å². The van der Waals surface area contributed by atoms with E-state index in [4.69, 9.17) is 9.47 Å². The van der Waals surface area contributed by atoms with Gasteiger partial charge in [-0.2, -0.15) is 0 Å². The number of nitrogens with one attached hydrogen (secondary N) is 2. The Morgan fingerprint density at radius 3 is 2.95 bits per heavy atom. The Morgan fingerprint density at radius 1 is 1.40 bits per heavy atom. The Morgan fingerprint density at radius 2 is 2.25 bits per heavy atom. The zero-order valence-electron chi connectivity index (χ0n) is 12.0. The van der Waals surface area contributed by atoms with Crippen LogP contribution in [0.1, 0.15) is 19.4 Å². The quantitative estimate of drug-likeness (QED) is 0.857. The van der Waals surface area contributed by atoms with Gasteiger partial charge in [0.05, 0.1) is 19.8 Å². The molecule has 1 amide bonds. The highest BCUT2D eigenvalue weighted by atomic mass is 16.6. The van der Waals surface area contributed by atoms with Crippen molar-refractivity contribution in [2.45, 2.75) is 32.5 Å². The first-order valence-corrected chi connectivity index (χ1v) is 6.97. The van der Waals surface area contributed by atoms with Crippen molar-refractivity contribution in [1.82, 2.24) is 5.32 Å². The van der Waals surface area contributed by atoms with E-state index in [1.165, 1.54) is 0 Å². The van der Waals surface area contributed by atoms with E-state index in [0.717, 1.165) is 17.8 Å². The van der Waals surface area contributed by atoms with E-state index in [-0.39, 0.29) is 5.91 Å². The maximum atomic E-state index is 12.0. The smallest absolute Gasteiger partial charge is 0.255 e. The number of hydrogen-bond acceptors (Lipinski definition) is 4. The van der Waals surface area contributed by atoms with Gasteiger partial charge in [-0.3, -0.25) is 4.79 Å². The molecule has 1 unspecified atom stereocenters. The largest absolute Gasteiger partial charge is 0.376 e. The lowest BCUT2D eigenvalue weighted by molar-refractivity contribution is -0.142. The van der Waals surface area contributed by atoms with Crippen LogP contribution in [0.3, 0.4) is 0 Å². The van der Waals surface area contributed by atoms with E-state index in [0.29, 0.717) is 25.9 Å². The SMILES string of the molecule is CC(C)NCc1cccc(NC(=O)C2COCCO2)c1. The number of benzene rings is 1. The monoisotopic (exact) mass is 278 g/mol. The van der Waals surface area contributed by atoms with Crippen LogP contribution in [0.2, 0.25) is 0 Å². The third-order valence-corrected chi connectivity index (χ3v) is 3.02. The predicted molar refractivity (Wildman–Crippen MR) is 77.6 cm³/mol. The molecule has 0 spiro atoms. The second-order valence-electron chi connectivity index (χ2n) is 5.16. The number of carbonyl (C=O) groups excluding carboxylic acids is 1. The fraction of sp³-hybridized carbons (Fsp3) is 0.533. The molecule has 110 valence electrons. The number of anilines is 1. The summed E-state index contributed by atoms with van der Waals surface area (Å²) in [7, 11) is 0.